The van der Waals surface area contributed by atoms with Crippen LogP contribution in [0.4, 0.5) is 0 Å². The van der Waals surface area contributed by atoms with Crippen molar-refractivity contribution in [3.05, 3.63) is 58.9 Å². The number of aromatic nitrogens is 1. The molecule has 1 aromatic heterocycles. The largest absolute Gasteiger partial charge is 0.322 e. The molecular weight excluding hydrogens is 246 g/mol. The van der Waals surface area contributed by atoms with Crippen LogP contribution in [0.1, 0.15) is 23.6 Å². The lowest BCUT2D eigenvalue weighted by Crippen LogP contribution is -2.09. The summed E-state index contributed by atoms with van der Waals surface area (Å²) in [6, 6.07) is 8.55. The lowest BCUT2D eigenvalue weighted by atomic mass is 10.2. The maximum absolute atomic E-state index is 2.37. The molecule has 1 aromatic carbocycles. The van der Waals surface area contributed by atoms with Crippen LogP contribution in [0.3, 0.4) is 0 Å². The van der Waals surface area contributed by atoms with Gasteiger partial charge < -0.3 is 4.57 Å². The molecular formula is C17H19NSi. The quantitative estimate of drug-likeness (QED) is 0.685. The van der Waals surface area contributed by atoms with Gasteiger partial charge in [0.05, 0.1) is 0 Å². The molecule has 96 valence electrons. The highest BCUT2D eigenvalue weighted by Gasteiger charge is 2.19. The standard InChI is InChI=1S/C17H19NSi/c1-12-7-5-6-8-16(12)18-10-14-9-13(2)17(19(3)4)15(14)11-18/h5-11H,1-4H3. The van der Waals surface area contributed by atoms with Crippen LogP contribution >= 0.6 is 0 Å². The van der Waals surface area contributed by atoms with Crippen LogP contribution in [0.5, 0.6) is 0 Å². The Kier molecular flexibility index (Phi) is 2.90. The number of allylic oxidation sites excluding steroid dienone is 1. The number of aryl methyl sites for hydroxylation is 1. The lowest BCUT2D eigenvalue weighted by Gasteiger charge is -2.08. The minimum atomic E-state index is -0.416. The topological polar surface area (TPSA) is 4.93 Å². The van der Waals surface area contributed by atoms with Gasteiger partial charge in [0, 0.05) is 37.6 Å². The van der Waals surface area contributed by atoms with Crippen molar-refractivity contribution in [3.8, 4) is 5.69 Å². The van der Waals surface area contributed by atoms with E-state index in [-0.39, 0.29) is 0 Å². The Morgan fingerprint density at radius 3 is 2.42 bits per heavy atom. The first-order valence-corrected chi connectivity index (χ1v) is 9.22. The van der Waals surface area contributed by atoms with Gasteiger partial charge in [0.15, 0.2) is 0 Å². The van der Waals surface area contributed by atoms with Crippen LogP contribution in [0.2, 0.25) is 13.1 Å². The zero-order valence-electron chi connectivity index (χ0n) is 12.0. The van der Waals surface area contributed by atoms with Crippen molar-refractivity contribution < 1.29 is 0 Å². The zero-order chi connectivity index (χ0) is 13.6. The second kappa shape index (κ2) is 4.46. The predicted molar refractivity (Wildman–Crippen MR) is 85.7 cm³/mol. The molecule has 0 unspecified atom stereocenters. The molecule has 0 N–H and O–H groups in total. The Hall–Kier alpha value is -1.67. The van der Waals surface area contributed by atoms with E-state index in [9.17, 15) is 0 Å². The Balaban J connectivity index is 2.17. The number of benzene rings is 1. The molecule has 1 nitrogen and oxygen atoms in total. The number of hydrogen-bond donors (Lipinski definition) is 0. The molecule has 1 aliphatic carbocycles. The summed E-state index contributed by atoms with van der Waals surface area (Å²) in [6.45, 7) is 9.15. The molecule has 19 heavy (non-hydrogen) atoms. The number of para-hydroxylation sites is 1. The molecule has 3 rings (SSSR count). The molecule has 0 aliphatic heterocycles. The molecule has 0 saturated heterocycles. The highest BCUT2D eigenvalue weighted by molar-refractivity contribution is 6.75. The van der Waals surface area contributed by atoms with Crippen molar-refractivity contribution in [1.29, 1.82) is 0 Å². The molecule has 0 bridgehead atoms. The monoisotopic (exact) mass is 265 g/mol. The van der Waals surface area contributed by atoms with Gasteiger partial charge in [-0.3, -0.25) is 0 Å². The molecule has 1 heterocycles. The summed E-state index contributed by atoms with van der Waals surface area (Å²) in [5.41, 5.74) is 6.88. The highest BCUT2D eigenvalue weighted by atomic mass is 28.2. The van der Waals surface area contributed by atoms with E-state index in [4.69, 9.17) is 0 Å². The van der Waals surface area contributed by atoms with Crippen molar-refractivity contribution >= 4 is 19.7 Å². The highest BCUT2D eigenvalue weighted by Crippen LogP contribution is 2.28. The average molecular weight is 265 g/mol. The summed E-state index contributed by atoms with van der Waals surface area (Å²) in [6.07, 6.45) is 6.90. The van der Waals surface area contributed by atoms with Gasteiger partial charge in [-0.15, -0.1) is 0 Å². The van der Waals surface area contributed by atoms with E-state index in [1.807, 2.05) is 0 Å². The van der Waals surface area contributed by atoms with Gasteiger partial charge in [-0.1, -0.05) is 31.3 Å². The maximum atomic E-state index is 2.37. The van der Waals surface area contributed by atoms with Gasteiger partial charge in [-0.05, 0) is 42.3 Å². The zero-order valence-corrected chi connectivity index (χ0v) is 13.0. The molecule has 0 radical (unpaired) electrons. The van der Waals surface area contributed by atoms with Crippen LogP contribution in [-0.4, -0.2) is 18.1 Å². The van der Waals surface area contributed by atoms with Gasteiger partial charge in [0.2, 0.25) is 0 Å². The third-order valence-corrected chi connectivity index (χ3v) is 5.45. The first kappa shape index (κ1) is 12.4. The molecule has 0 spiro atoms. The van der Waals surface area contributed by atoms with Gasteiger partial charge >= 0.3 is 0 Å². The Morgan fingerprint density at radius 2 is 1.74 bits per heavy atom. The number of rotatable bonds is 1. The SMILES string of the molecule is CC1=Cc2cn(-c3ccccc3C)cc2C1=[Si](C)C. The van der Waals surface area contributed by atoms with Crippen LogP contribution < -0.4 is 0 Å². The fourth-order valence-corrected chi connectivity index (χ4v) is 4.58. The Morgan fingerprint density at radius 1 is 1.00 bits per heavy atom. The molecule has 2 aromatic rings. The third-order valence-electron chi connectivity index (χ3n) is 3.79. The predicted octanol–water partition coefficient (Wildman–Crippen LogP) is 4.06. The number of nitrogens with zero attached hydrogens (tertiary/aromatic N) is 1. The fourth-order valence-electron chi connectivity index (χ4n) is 2.97. The van der Waals surface area contributed by atoms with Crippen LogP contribution in [0.25, 0.3) is 11.8 Å². The third kappa shape index (κ3) is 1.96. The first-order chi connectivity index (χ1) is 9.08. The van der Waals surface area contributed by atoms with E-state index in [2.05, 4.69) is 74.2 Å². The van der Waals surface area contributed by atoms with Crippen molar-refractivity contribution in [2.45, 2.75) is 26.9 Å². The molecule has 0 saturated carbocycles. The summed E-state index contributed by atoms with van der Waals surface area (Å²) in [4.78, 5) is 0. The van der Waals surface area contributed by atoms with Crippen molar-refractivity contribution in [2.24, 2.45) is 0 Å². The first-order valence-electron chi connectivity index (χ1n) is 6.72. The van der Waals surface area contributed by atoms with Gasteiger partial charge in [-0.2, -0.15) is 0 Å². The number of hydrogen-bond acceptors (Lipinski definition) is 0. The molecule has 0 fully saturated rings. The minimum Gasteiger partial charge on any atom is -0.322 e. The maximum Gasteiger partial charge on any atom is 0.0479 e. The van der Waals surface area contributed by atoms with E-state index >= 15 is 0 Å². The molecule has 1 aliphatic rings. The van der Waals surface area contributed by atoms with Crippen LogP contribution in [-0.2, 0) is 0 Å². The molecule has 0 atom stereocenters. The van der Waals surface area contributed by atoms with E-state index in [1.165, 1.54) is 28.0 Å². The lowest BCUT2D eigenvalue weighted by molar-refractivity contribution is 1.06. The van der Waals surface area contributed by atoms with Crippen molar-refractivity contribution in [1.82, 2.24) is 4.57 Å². The summed E-state index contributed by atoms with van der Waals surface area (Å²) >= 11 is 0. The van der Waals surface area contributed by atoms with Gasteiger partial charge in [0.25, 0.3) is 0 Å². The summed E-state index contributed by atoms with van der Waals surface area (Å²) < 4.78 is 2.27. The smallest absolute Gasteiger partial charge is 0.0479 e. The molecule has 0 amide bonds. The van der Waals surface area contributed by atoms with Crippen molar-refractivity contribution in [2.75, 3.05) is 0 Å². The summed E-state index contributed by atoms with van der Waals surface area (Å²) in [7, 11) is -0.416. The van der Waals surface area contributed by atoms with E-state index in [0.717, 1.165) is 0 Å². The fraction of sp³-hybridized carbons (Fsp3) is 0.235. The normalized spacial score (nSPS) is 13.5. The average Bonchev–Trinajstić information content (AvgIpc) is 2.85. The Bertz CT molecular complexity index is 713. The second-order valence-electron chi connectivity index (χ2n) is 5.52. The summed E-state index contributed by atoms with van der Waals surface area (Å²) in [5, 5.41) is 1.59. The van der Waals surface area contributed by atoms with Crippen molar-refractivity contribution in [3.63, 3.8) is 0 Å². The van der Waals surface area contributed by atoms with E-state index < -0.39 is 8.41 Å². The van der Waals surface area contributed by atoms with E-state index in [1.54, 1.807) is 5.17 Å². The minimum absolute atomic E-state index is 0.416. The van der Waals surface area contributed by atoms with E-state index in [0.29, 0.717) is 0 Å². The van der Waals surface area contributed by atoms with Crippen LogP contribution in [0.15, 0.2) is 42.2 Å². The summed E-state index contributed by atoms with van der Waals surface area (Å²) in [5.74, 6) is 0. The Labute approximate surface area is 116 Å². The van der Waals surface area contributed by atoms with Gasteiger partial charge in [0.1, 0.15) is 0 Å². The number of fused-ring (bicyclic) bond motifs is 1. The van der Waals surface area contributed by atoms with Crippen LogP contribution in [0, 0.1) is 6.92 Å². The second-order valence-corrected chi connectivity index (χ2v) is 8.02. The van der Waals surface area contributed by atoms with Gasteiger partial charge in [-0.25, -0.2) is 0 Å². The molecule has 2 heteroatoms.